The molecule has 0 radical (unpaired) electrons. The van der Waals surface area contributed by atoms with Crippen molar-refractivity contribution in [3.63, 3.8) is 0 Å². The van der Waals surface area contributed by atoms with E-state index in [9.17, 15) is 13.5 Å². The van der Waals surface area contributed by atoms with Crippen LogP contribution in [0.2, 0.25) is 0 Å². The van der Waals surface area contributed by atoms with Crippen molar-refractivity contribution in [2.75, 3.05) is 24.6 Å². The van der Waals surface area contributed by atoms with E-state index in [1.54, 1.807) is 24.3 Å². The SMILES string of the molecule is CC(C)C(O)CNS(=O)(=O)CCOc1ccccc1N. The maximum Gasteiger partial charge on any atom is 0.215 e. The Labute approximate surface area is 120 Å². The first-order chi connectivity index (χ1) is 9.32. The van der Waals surface area contributed by atoms with E-state index in [0.29, 0.717) is 11.4 Å². The number of para-hydroxylation sites is 2. The summed E-state index contributed by atoms with van der Waals surface area (Å²) in [5.41, 5.74) is 6.14. The summed E-state index contributed by atoms with van der Waals surface area (Å²) in [5, 5.41) is 9.55. The van der Waals surface area contributed by atoms with Crippen LogP contribution in [0.4, 0.5) is 5.69 Å². The predicted molar refractivity (Wildman–Crippen MR) is 79.0 cm³/mol. The Morgan fingerprint density at radius 3 is 2.60 bits per heavy atom. The molecular weight excluding hydrogens is 280 g/mol. The molecule has 4 N–H and O–H groups in total. The molecule has 1 rings (SSSR count). The third-order valence-electron chi connectivity index (χ3n) is 2.81. The smallest absolute Gasteiger partial charge is 0.215 e. The summed E-state index contributed by atoms with van der Waals surface area (Å²) >= 11 is 0. The monoisotopic (exact) mass is 302 g/mol. The zero-order valence-corrected chi connectivity index (χ0v) is 12.6. The Bertz CT molecular complexity index is 517. The van der Waals surface area contributed by atoms with Crippen LogP contribution in [0.5, 0.6) is 5.75 Å². The van der Waals surface area contributed by atoms with E-state index in [1.165, 1.54) is 0 Å². The van der Waals surface area contributed by atoms with Gasteiger partial charge in [-0.05, 0) is 18.1 Å². The first-order valence-corrected chi connectivity index (χ1v) is 8.10. The Kier molecular flexibility index (Phi) is 6.25. The second kappa shape index (κ2) is 7.47. The molecule has 0 aromatic heterocycles. The van der Waals surface area contributed by atoms with Crippen molar-refractivity contribution in [3.8, 4) is 5.75 Å². The van der Waals surface area contributed by atoms with Gasteiger partial charge < -0.3 is 15.6 Å². The van der Waals surface area contributed by atoms with Crippen LogP contribution in [-0.2, 0) is 10.0 Å². The Balaban J connectivity index is 2.39. The van der Waals surface area contributed by atoms with Crippen molar-refractivity contribution in [2.45, 2.75) is 20.0 Å². The Morgan fingerprint density at radius 1 is 1.35 bits per heavy atom. The second-order valence-corrected chi connectivity index (χ2v) is 6.79. The molecule has 20 heavy (non-hydrogen) atoms. The van der Waals surface area contributed by atoms with Crippen molar-refractivity contribution in [3.05, 3.63) is 24.3 Å². The highest BCUT2D eigenvalue weighted by Gasteiger charge is 2.15. The summed E-state index contributed by atoms with van der Waals surface area (Å²) in [7, 11) is -3.47. The summed E-state index contributed by atoms with van der Waals surface area (Å²) in [4.78, 5) is 0. The maximum atomic E-state index is 11.7. The van der Waals surface area contributed by atoms with Gasteiger partial charge in [-0.15, -0.1) is 0 Å². The number of ether oxygens (including phenoxy) is 1. The molecule has 1 atom stereocenters. The molecule has 0 amide bonds. The molecule has 114 valence electrons. The highest BCUT2D eigenvalue weighted by atomic mass is 32.2. The van der Waals surface area contributed by atoms with E-state index in [4.69, 9.17) is 10.5 Å². The molecular formula is C13H22N2O4S. The number of nitrogens with one attached hydrogen (secondary N) is 1. The van der Waals surface area contributed by atoms with Crippen LogP contribution in [0, 0.1) is 5.92 Å². The van der Waals surface area contributed by atoms with Gasteiger partial charge in [-0.3, -0.25) is 0 Å². The van der Waals surface area contributed by atoms with Crippen molar-refractivity contribution in [2.24, 2.45) is 5.92 Å². The standard InChI is InChI=1S/C13H22N2O4S/c1-10(2)12(16)9-15-20(17,18)8-7-19-13-6-4-3-5-11(13)14/h3-6,10,12,15-16H,7-9,14H2,1-2H3. The van der Waals surface area contributed by atoms with Gasteiger partial charge in [0.2, 0.25) is 10.0 Å². The number of nitrogen functional groups attached to an aromatic ring is 1. The number of benzene rings is 1. The van der Waals surface area contributed by atoms with Gasteiger partial charge in [0.25, 0.3) is 0 Å². The van der Waals surface area contributed by atoms with E-state index in [2.05, 4.69) is 4.72 Å². The number of hydrogen-bond acceptors (Lipinski definition) is 5. The minimum atomic E-state index is -3.47. The third-order valence-corrected chi connectivity index (χ3v) is 4.12. The molecule has 0 aliphatic rings. The number of hydrogen-bond donors (Lipinski definition) is 3. The minimum Gasteiger partial charge on any atom is -0.490 e. The number of sulfonamides is 1. The van der Waals surface area contributed by atoms with E-state index in [-0.39, 0.29) is 24.8 Å². The number of rotatable bonds is 8. The fourth-order valence-corrected chi connectivity index (χ4v) is 2.27. The molecule has 0 spiro atoms. The van der Waals surface area contributed by atoms with Crippen molar-refractivity contribution in [1.29, 1.82) is 0 Å². The summed E-state index contributed by atoms with van der Waals surface area (Å²) in [6.07, 6.45) is -0.699. The van der Waals surface area contributed by atoms with Gasteiger partial charge in [0.05, 0.1) is 17.5 Å². The minimum absolute atomic E-state index is 0.00131. The lowest BCUT2D eigenvalue weighted by Crippen LogP contribution is -2.37. The second-order valence-electron chi connectivity index (χ2n) is 4.86. The number of nitrogens with two attached hydrogens (primary N) is 1. The van der Waals surface area contributed by atoms with Gasteiger partial charge in [0, 0.05) is 6.54 Å². The fraction of sp³-hybridized carbons (Fsp3) is 0.538. The molecule has 0 saturated heterocycles. The van der Waals surface area contributed by atoms with Crippen LogP contribution in [0.25, 0.3) is 0 Å². The number of aliphatic hydroxyl groups excluding tert-OH is 1. The molecule has 1 unspecified atom stereocenters. The lowest BCUT2D eigenvalue weighted by Gasteiger charge is -2.15. The van der Waals surface area contributed by atoms with Crippen molar-refractivity contribution < 1.29 is 18.3 Å². The summed E-state index contributed by atoms with van der Waals surface area (Å²) < 4.78 is 31.1. The molecule has 0 aliphatic heterocycles. The van der Waals surface area contributed by atoms with Crippen LogP contribution in [0.15, 0.2) is 24.3 Å². The van der Waals surface area contributed by atoms with E-state index < -0.39 is 16.1 Å². The van der Waals surface area contributed by atoms with Gasteiger partial charge in [-0.1, -0.05) is 26.0 Å². The molecule has 7 heteroatoms. The van der Waals surface area contributed by atoms with Gasteiger partial charge in [-0.2, -0.15) is 0 Å². The predicted octanol–water partition coefficient (Wildman–Crippen LogP) is 0.584. The molecule has 0 heterocycles. The van der Waals surface area contributed by atoms with E-state index >= 15 is 0 Å². The van der Waals surface area contributed by atoms with E-state index in [0.717, 1.165) is 0 Å². The van der Waals surface area contributed by atoms with Crippen LogP contribution >= 0.6 is 0 Å². The number of aliphatic hydroxyl groups is 1. The molecule has 0 aliphatic carbocycles. The Hall–Kier alpha value is -1.31. The molecule has 6 nitrogen and oxygen atoms in total. The van der Waals surface area contributed by atoms with Crippen molar-refractivity contribution >= 4 is 15.7 Å². The van der Waals surface area contributed by atoms with Gasteiger partial charge >= 0.3 is 0 Å². The zero-order chi connectivity index (χ0) is 15.2. The first-order valence-electron chi connectivity index (χ1n) is 6.44. The highest BCUT2D eigenvalue weighted by Crippen LogP contribution is 2.19. The first kappa shape index (κ1) is 16.7. The van der Waals surface area contributed by atoms with Gasteiger partial charge in [0.1, 0.15) is 12.4 Å². The van der Waals surface area contributed by atoms with Crippen LogP contribution in [-0.4, -0.2) is 38.5 Å². The average molecular weight is 302 g/mol. The quantitative estimate of drug-likeness (QED) is 0.610. The molecule has 1 aromatic carbocycles. The van der Waals surface area contributed by atoms with Crippen molar-refractivity contribution in [1.82, 2.24) is 4.72 Å². The molecule has 0 bridgehead atoms. The van der Waals surface area contributed by atoms with E-state index in [1.807, 2.05) is 13.8 Å². The lowest BCUT2D eigenvalue weighted by atomic mass is 10.1. The van der Waals surface area contributed by atoms with Crippen LogP contribution in [0.3, 0.4) is 0 Å². The molecule has 1 aromatic rings. The topological polar surface area (TPSA) is 102 Å². The summed E-state index contributed by atoms with van der Waals surface area (Å²) in [5.74, 6) is 0.273. The fourth-order valence-electron chi connectivity index (χ4n) is 1.39. The summed E-state index contributed by atoms with van der Waals surface area (Å²) in [6, 6.07) is 6.89. The zero-order valence-electron chi connectivity index (χ0n) is 11.7. The van der Waals surface area contributed by atoms with Gasteiger partial charge in [0.15, 0.2) is 0 Å². The summed E-state index contributed by atoms with van der Waals surface area (Å²) in [6.45, 7) is 3.65. The average Bonchev–Trinajstić information content (AvgIpc) is 2.38. The molecule has 0 fully saturated rings. The van der Waals surface area contributed by atoms with Gasteiger partial charge in [-0.25, -0.2) is 13.1 Å². The lowest BCUT2D eigenvalue weighted by molar-refractivity contribution is 0.129. The molecule has 0 saturated carbocycles. The van der Waals surface area contributed by atoms with Crippen LogP contribution in [0.1, 0.15) is 13.8 Å². The largest absolute Gasteiger partial charge is 0.490 e. The normalized spacial score (nSPS) is 13.4. The number of anilines is 1. The highest BCUT2D eigenvalue weighted by molar-refractivity contribution is 7.89. The van der Waals surface area contributed by atoms with Crippen LogP contribution < -0.4 is 15.2 Å². The Morgan fingerprint density at radius 2 is 2.00 bits per heavy atom. The maximum absolute atomic E-state index is 11.7. The third kappa shape index (κ3) is 5.77.